The first-order valence-electron chi connectivity index (χ1n) is 5.61. The summed E-state index contributed by atoms with van der Waals surface area (Å²) in [7, 11) is 1.53. The molecule has 0 saturated heterocycles. The van der Waals surface area contributed by atoms with Crippen molar-refractivity contribution in [1.29, 1.82) is 5.26 Å². The molecular weight excluding hydrogens is 319 g/mol. The van der Waals surface area contributed by atoms with Crippen LogP contribution in [0.3, 0.4) is 0 Å². The van der Waals surface area contributed by atoms with Crippen molar-refractivity contribution in [1.82, 2.24) is 4.98 Å². The van der Waals surface area contributed by atoms with Crippen LogP contribution in [0.4, 0.5) is 0 Å². The normalized spacial score (nSPS) is 10.2. The van der Waals surface area contributed by atoms with Gasteiger partial charge in [-0.1, -0.05) is 34.8 Å². The average Bonchev–Trinajstić information content (AvgIpc) is 2.44. The lowest BCUT2D eigenvalue weighted by Crippen LogP contribution is -1.96. The van der Waals surface area contributed by atoms with E-state index in [4.69, 9.17) is 44.8 Å². The first-order valence-corrected chi connectivity index (χ1v) is 6.74. The molecule has 0 amide bonds. The SMILES string of the molecule is COc1cncc(-c2cc(Cl)c(Cl)c(Cl)c2)c1CC#N. The number of ether oxygens (including phenoxy) is 1. The van der Waals surface area contributed by atoms with E-state index in [-0.39, 0.29) is 6.42 Å². The number of rotatable bonds is 3. The minimum absolute atomic E-state index is 0.193. The van der Waals surface area contributed by atoms with Crippen LogP contribution in [0.1, 0.15) is 5.56 Å². The number of benzene rings is 1. The Morgan fingerprint density at radius 2 is 1.85 bits per heavy atom. The van der Waals surface area contributed by atoms with Gasteiger partial charge in [-0.3, -0.25) is 4.98 Å². The summed E-state index contributed by atoms with van der Waals surface area (Å²) >= 11 is 18.0. The van der Waals surface area contributed by atoms with E-state index in [0.29, 0.717) is 20.8 Å². The van der Waals surface area contributed by atoms with Gasteiger partial charge >= 0.3 is 0 Å². The summed E-state index contributed by atoms with van der Waals surface area (Å²) in [6.45, 7) is 0. The van der Waals surface area contributed by atoms with Crippen molar-refractivity contribution in [2.24, 2.45) is 0 Å². The minimum atomic E-state index is 0.193. The number of methoxy groups -OCH3 is 1. The number of hydrogen-bond acceptors (Lipinski definition) is 3. The van der Waals surface area contributed by atoms with Crippen LogP contribution in [0.25, 0.3) is 11.1 Å². The van der Waals surface area contributed by atoms with Crippen LogP contribution < -0.4 is 4.74 Å². The summed E-state index contributed by atoms with van der Waals surface area (Å²) in [5.41, 5.74) is 2.21. The van der Waals surface area contributed by atoms with Crippen molar-refractivity contribution in [2.75, 3.05) is 7.11 Å². The molecule has 0 spiro atoms. The van der Waals surface area contributed by atoms with Gasteiger partial charge in [-0.2, -0.15) is 5.26 Å². The first-order chi connectivity index (χ1) is 9.58. The van der Waals surface area contributed by atoms with Gasteiger partial charge in [0.05, 0.1) is 40.9 Å². The summed E-state index contributed by atoms with van der Waals surface area (Å²) in [4.78, 5) is 4.10. The lowest BCUT2D eigenvalue weighted by Gasteiger charge is -2.12. The van der Waals surface area contributed by atoms with Crippen LogP contribution >= 0.6 is 34.8 Å². The highest BCUT2D eigenvalue weighted by molar-refractivity contribution is 6.48. The maximum atomic E-state index is 8.97. The first kappa shape index (κ1) is 14.9. The van der Waals surface area contributed by atoms with Gasteiger partial charge in [-0.25, -0.2) is 0 Å². The van der Waals surface area contributed by atoms with Crippen molar-refractivity contribution in [3.8, 4) is 22.9 Å². The highest BCUT2D eigenvalue weighted by Gasteiger charge is 2.14. The highest BCUT2D eigenvalue weighted by atomic mass is 35.5. The standard InChI is InChI=1S/C14H9Cl3N2O/c1-20-13-7-19-6-10(9(13)2-3-18)8-4-11(15)14(17)12(16)5-8/h4-7H,2H2,1H3. The zero-order chi connectivity index (χ0) is 14.7. The van der Waals surface area contributed by atoms with Crippen LogP contribution in [-0.4, -0.2) is 12.1 Å². The molecule has 0 unspecified atom stereocenters. The third-order valence-electron chi connectivity index (χ3n) is 2.79. The quantitative estimate of drug-likeness (QED) is 0.762. The van der Waals surface area contributed by atoms with Crippen LogP contribution in [-0.2, 0) is 6.42 Å². The van der Waals surface area contributed by atoms with Gasteiger partial charge in [0, 0.05) is 17.3 Å². The highest BCUT2D eigenvalue weighted by Crippen LogP contribution is 2.37. The van der Waals surface area contributed by atoms with Gasteiger partial charge in [0.1, 0.15) is 5.75 Å². The molecule has 1 aromatic heterocycles. The monoisotopic (exact) mass is 326 g/mol. The second-order valence-corrected chi connectivity index (χ2v) is 5.15. The van der Waals surface area contributed by atoms with Gasteiger partial charge < -0.3 is 4.74 Å². The van der Waals surface area contributed by atoms with E-state index in [9.17, 15) is 0 Å². The number of pyridine rings is 1. The predicted molar refractivity (Wildman–Crippen MR) is 80.6 cm³/mol. The predicted octanol–water partition coefficient (Wildman–Crippen LogP) is 4.78. The number of halogens is 3. The van der Waals surface area contributed by atoms with E-state index in [1.165, 1.54) is 7.11 Å². The summed E-state index contributed by atoms with van der Waals surface area (Å²) in [6.07, 6.45) is 3.40. The van der Waals surface area contributed by atoms with Gasteiger partial charge in [0.25, 0.3) is 0 Å². The maximum Gasteiger partial charge on any atom is 0.141 e. The third kappa shape index (κ3) is 2.83. The molecular formula is C14H9Cl3N2O. The van der Waals surface area contributed by atoms with Gasteiger partial charge in [-0.15, -0.1) is 0 Å². The molecule has 20 heavy (non-hydrogen) atoms. The molecule has 2 aromatic rings. The second kappa shape index (κ2) is 6.32. The van der Waals surface area contributed by atoms with Crippen molar-refractivity contribution in [2.45, 2.75) is 6.42 Å². The van der Waals surface area contributed by atoms with E-state index in [0.717, 1.165) is 16.7 Å². The molecule has 102 valence electrons. The molecule has 3 nitrogen and oxygen atoms in total. The molecule has 1 aromatic carbocycles. The number of aromatic nitrogens is 1. The van der Waals surface area contributed by atoms with Crippen LogP contribution in [0.2, 0.25) is 15.1 Å². The lowest BCUT2D eigenvalue weighted by atomic mass is 9.99. The average molecular weight is 328 g/mol. The summed E-state index contributed by atoms with van der Waals surface area (Å²) in [5.74, 6) is 0.547. The number of hydrogen-bond donors (Lipinski definition) is 0. The Hall–Kier alpha value is -1.47. The fraction of sp³-hybridized carbons (Fsp3) is 0.143. The zero-order valence-electron chi connectivity index (χ0n) is 10.5. The van der Waals surface area contributed by atoms with Crippen molar-refractivity contribution < 1.29 is 4.74 Å². The number of nitrogens with zero attached hydrogens (tertiary/aromatic N) is 2. The van der Waals surface area contributed by atoms with Gasteiger partial charge in [-0.05, 0) is 17.7 Å². The Morgan fingerprint density at radius 1 is 1.20 bits per heavy atom. The minimum Gasteiger partial charge on any atom is -0.495 e. The van der Waals surface area contributed by atoms with Crippen LogP contribution in [0.15, 0.2) is 24.5 Å². The molecule has 0 aliphatic rings. The Labute approximate surface area is 131 Å². The molecule has 0 atom stereocenters. The number of nitriles is 1. The van der Waals surface area contributed by atoms with Gasteiger partial charge in [0.2, 0.25) is 0 Å². The second-order valence-electron chi connectivity index (χ2n) is 3.96. The lowest BCUT2D eigenvalue weighted by molar-refractivity contribution is 0.409. The summed E-state index contributed by atoms with van der Waals surface area (Å²) in [6, 6.07) is 5.48. The summed E-state index contributed by atoms with van der Waals surface area (Å²) in [5, 5.41) is 9.96. The topological polar surface area (TPSA) is 45.9 Å². The van der Waals surface area contributed by atoms with E-state index < -0.39 is 0 Å². The smallest absolute Gasteiger partial charge is 0.141 e. The molecule has 0 aliphatic carbocycles. The van der Waals surface area contributed by atoms with Crippen molar-refractivity contribution >= 4 is 34.8 Å². The zero-order valence-corrected chi connectivity index (χ0v) is 12.7. The fourth-order valence-corrected chi connectivity index (χ4v) is 2.46. The maximum absolute atomic E-state index is 8.97. The Kier molecular flexibility index (Phi) is 4.72. The van der Waals surface area contributed by atoms with Crippen molar-refractivity contribution in [3.63, 3.8) is 0 Å². The molecule has 0 fully saturated rings. The molecule has 0 N–H and O–H groups in total. The third-order valence-corrected chi connectivity index (χ3v) is 3.99. The van der Waals surface area contributed by atoms with E-state index in [2.05, 4.69) is 11.1 Å². The van der Waals surface area contributed by atoms with E-state index in [1.807, 2.05) is 0 Å². The van der Waals surface area contributed by atoms with E-state index >= 15 is 0 Å². The molecule has 0 bridgehead atoms. The van der Waals surface area contributed by atoms with Gasteiger partial charge in [0.15, 0.2) is 0 Å². The molecule has 0 saturated carbocycles. The Bertz CT molecular complexity index is 672. The molecule has 1 heterocycles. The summed E-state index contributed by atoms with van der Waals surface area (Å²) < 4.78 is 5.24. The molecule has 6 heteroatoms. The molecule has 0 aliphatic heterocycles. The van der Waals surface area contributed by atoms with Crippen molar-refractivity contribution in [3.05, 3.63) is 45.2 Å². The Morgan fingerprint density at radius 3 is 2.40 bits per heavy atom. The van der Waals surface area contributed by atoms with Crippen LogP contribution in [0, 0.1) is 11.3 Å². The van der Waals surface area contributed by atoms with Crippen LogP contribution in [0.5, 0.6) is 5.75 Å². The fourth-order valence-electron chi connectivity index (χ4n) is 1.87. The largest absolute Gasteiger partial charge is 0.495 e. The Balaban J connectivity index is 2.67. The molecule has 2 rings (SSSR count). The van der Waals surface area contributed by atoms with E-state index in [1.54, 1.807) is 24.5 Å². The molecule has 0 radical (unpaired) electrons.